The summed E-state index contributed by atoms with van der Waals surface area (Å²) in [6, 6.07) is 3.91. The second-order valence-corrected chi connectivity index (χ2v) is 17.0. The minimum Gasteiger partial charge on any atom is -0.361 e. The van der Waals surface area contributed by atoms with Crippen molar-refractivity contribution >= 4 is 30.7 Å². The van der Waals surface area contributed by atoms with Crippen molar-refractivity contribution in [2.24, 2.45) is 5.92 Å². The van der Waals surface area contributed by atoms with Crippen LogP contribution < -0.4 is 4.90 Å². The lowest BCUT2D eigenvalue weighted by Gasteiger charge is -2.44. The first-order valence-electron chi connectivity index (χ1n) is 12.5. The fraction of sp³-hybridized carbons (Fsp3) is 0.680. The van der Waals surface area contributed by atoms with Crippen molar-refractivity contribution in [1.29, 1.82) is 0 Å². The van der Waals surface area contributed by atoms with E-state index in [2.05, 4.69) is 35.2 Å². The lowest BCUT2D eigenvalue weighted by molar-refractivity contribution is 0.0718. The van der Waals surface area contributed by atoms with Crippen molar-refractivity contribution < 1.29 is 13.9 Å². The van der Waals surface area contributed by atoms with E-state index in [1.165, 1.54) is 0 Å². The zero-order valence-electron chi connectivity index (χ0n) is 20.2. The summed E-state index contributed by atoms with van der Waals surface area (Å²) in [6.07, 6.45) is 9.77. The number of hydrogen-bond donors (Lipinski definition) is 0. The molecule has 2 saturated carbocycles. The van der Waals surface area contributed by atoms with E-state index in [0.717, 1.165) is 67.9 Å². The summed E-state index contributed by atoms with van der Waals surface area (Å²) >= 11 is 0. The normalized spacial score (nSPS) is 23.9. The highest BCUT2D eigenvalue weighted by Gasteiger charge is 2.42. The Morgan fingerprint density at radius 3 is 2.45 bits per heavy atom. The molecular formula is C25H37FN4O2Si. The fourth-order valence-corrected chi connectivity index (χ4v) is 6.02. The molecule has 33 heavy (non-hydrogen) atoms. The summed E-state index contributed by atoms with van der Waals surface area (Å²) in [5, 5.41) is 1.03. The van der Waals surface area contributed by atoms with E-state index in [9.17, 15) is 9.18 Å². The van der Waals surface area contributed by atoms with Crippen molar-refractivity contribution in [3.8, 4) is 0 Å². The number of hydrogen-bond acceptors (Lipinski definition) is 4. The van der Waals surface area contributed by atoms with E-state index in [4.69, 9.17) is 9.72 Å². The summed E-state index contributed by atoms with van der Waals surface area (Å²) in [5.74, 6) is 0.299. The number of ether oxygens (including phenoxy) is 1. The SMILES string of the molecule is C[Si](C)(C)CCOCn1ccc2c3c(cnc21)C(=O)N(C1CC1)CN3[C@H]1CC[C@H](CF)CC1. The van der Waals surface area contributed by atoms with Gasteiger partial charge in [0.25, 0.3) is 5.91 Å². The van der Waals surface area contributed by atoms with E-state index in [0.29, 0.717) is 31.0 Å². The van der Waals surface area contributed by atoms with Crippen LogP contribution in [0.3, 0.4) is 0 Å². The Kier molecular flexibility index (Phi) is 6.24. The predicted molar refractivity (Wildman–Crippen MR) is 132 cm³/mol. The zero-order chi connectivity index (χ0) is 23.2. The third-order valence-corrected chi connectivity index (χ3v) is 9.24. The third kappa shape index (κ3) is 4.69. The second kappa shape index (κ2) is 9.02. The molecule has 0 bridgehead atoms. The van der Waals surface area contributed by atoms with Crippen LogP contribution in [-0.4, -0.2) is 60.5 Å². The average molecular weight is 473 g/mol. The van der Waals surface area contributed by atoms with Crippen LogP contribution in [0, 0.1) is 5.92 Å². The molecule has 0 saturated heterocycles. The first kappa shape index (κ1) is 22.8. The van der Waals surface area contributed by atoms with Gasteiger partial charge in [-0.25, -0.2) is 4.98 Å². The maximum atomic E-state index is 13.4. The molecule has 1 aliphatic heterocycles. The highest BCUT2D eigenvalue weighted by atomic mass is 28.3. The van der Waals surface area contributed by atoms with Crippen LogP contribution in [0.25, 0.3) is 11.0 Å². The maximum absolute atomic E-state index is 13.4. The molecule has 0 aromatic carbocycles. The highest BCUT2D eigenvalue weighted by molar-refractivity contribution is 6.76. The summed E-state index contributed by atoms with van der Waals surface area (Å²) in [6.45, 7) is 8.72. The number of carbonyl (C=O) groups is 1. The van der Waals surface area contributed by atoms with Gasteiger partial charge in [-0.1, -0.05) is 19.6 Å². The lowest BCUT2D eigenvalue weighted by Crippen LogP contribution is -2.52. The van der Waals surface area contributed by atoms with Gasteiger partial charge in [-0.15, -0.1) is 0 Å². The van der Waals surface area contributed by atoms with Crippen LogP contribution in [0.1, 0.15) is 48.9 Å². The van der Waals surface area contributed by atoms with Crippen LogP contribution in [0.2, 0.25) is 25.7 Å². The zero-order valence-corrected chi connectivity index (χ0v) is 21.2. The van der Waals surface area contributed by atoms with Gasteiger partial charge >= 0.3 is 0 Å². The number of anilines is 1. The minimum atomic E-state index is -1.13. The molecule has 2 aromatic heterocycles. The number of aromatic nitrogens is 2. The molecule has 2 aromatic rings. The van der Waals surface area contributed by atoms with Gasteiger partial charge in [0.2, 0.25) is 0 Å². The quantitative estimate of drug-likeness (QED) is 0.388. The van der Waals surface area contributed by atoms with Crippen molar-refractivity contribution in [2.45, 2.75) is 83.0 Å². The fourth-order valence-electron chi connectivity index (χ4n) is 5.27. The number of nitrogens with zero attached hydrogens (tertiary/aromatic N) is 4. The van der Waals surface area contributed by atoms with Crippen LogP contribution >= 0.6 is 0 Å². The molecule has 1 amide bonds. The molecule has 2 aliphatic carbocycles. The molecule has 5 rings (SSSR count). The number of amides is 1. The standard InChI is InChI=1S/C25H37FN4O2Si/c1-33(2,3)13-12-32-17-28-11-10-21-23-22(15-27-24(21)28)25(31)30(20-8-9-20)16-29(23)19-6-4-18(14-26)5-7-19/h10-11,15,18-20H,4-9,12-14,16-17H2,1-3H3/t18-,19-. The number of halogens is 1. The monoisotopic (exact) mass is 472 g/mol. The molecule has 0 unspecified atom stereocenters. The van der Waals surface area contributed by atoms with Crippen molar-refractivity contribution in [3.63, 3.8) is 0 Å². The third-order valence-electron chi connectivity index (χ3n) is 7.53. The smallest absolute Gasteiger partial charge is 0.259 e. The van der Waals surface area contributed by atoms with Crippen LogP contribution in [0.5, 0.6) is 0 Å². The molecule has 180 valence electrons. The summed E-state index contributed by atoms with van der Waals surface area (Å²) in [4.78, 5) is 22.6. The molecule has 8 heteroatoms. The number of fused-ring (bicyclic) bond motifs is 3. The first-order valence-corrected chi connectivity index (χ1v) is 16.3. The molecular weight excluding hydrogens is 435 g/mol. The molecule has 2 fully saturated rings. The number of alkyl halides is 1. The van der Waals surface area contributed by atoms with Gasteiger partial charge in [0.15, 0.2) is 0 Å². The molecule has 0 spiro atoms. The number of carbonyl (C=O) groups excluding carboxylic acids is 1. The van der Waals surface area contributed by atoms with E-state index < -0.39 is 8.07 Å². The number of rotatable bonds is 8. The maximum Gasteiger partial charge on any atom is 0.259 e. The molecule has 6 nitrogen and oxygen atoms in total. The lowest BCUT2D eigenvalue weighted by atomic mass is 9.85. The molecule has 0 radical (unpaired) electrons. The first-order chi connectivity index (χ1) is 15.9. The molecule has 0 atom stereocenters. The van der Waals surface area contributed by atoms with Gasteiger partial charge in [0, 0.05) is 44.5 Å². The molecule has 0 N–H and O–H groups in total. The average Bonchev–Trinajstić information content (AvgIpc) is 3.56. The minimum absolute atomic E-state index is 0.106. The van der Waals surface area contributed by atoms with Crippen molar-refractivity contribution in [1.82, 2.24) is 14.5 Å². The summed E-state index contributed by atoms with van der Waals surface area (Å²) < 4.78 is 21.3. The van der Waals surface area contributed by atoms with Crippen LogP contribution in [0.4, 0.5) is 10.1 Å². The Morgan fingerprint density at radius 2 is 1.79 bits per heavy atom. The Balaban J connectivity index is 1.44. The van der Waals surface area contributed by atoms with Gasteiger partial charge in [0.1, 0.15) is 12.4 Å². The molecule has 3 heterocycles. The van der Waals surface area contributed by atoms with E-state index >= 15 is 0 Å². The summed E-state index contributed by atoms with van der Waals surface area (Å²) in [7, 11) is -1.13. The van der Waals surface area contributed by atoms with E-state index in [1.807, 2.05) is 11.1 Å². The van der Waals surface area contributed by atoms with Gasteiger partial charge in [0.05, 0.1) is 24.6 Å². The Labute approximate surface area is 197 Å². The van der Waals surface area contributed by atoms with Crippen molar-refractivity contribution in [3.05, 3.63) is 24.0 Å². The highest BCUT2D eigenvalue weighted by Crippen LogP contribution is 2.42. The predicted octanol–water partition coefficient (Wildman–Crippen LogP) is 5.26. The van der Waals surface area contributed by atoms with Gasteiger partial charge in [-0.05, 0) is 56.6 Å². The van der Waals surface area contributed by atoms with E-state index in [-0.39, 0.29) is 18.5 Å². The number of pyridine rings is 1. The second-order valence-electron chi connectivity index (χ2n) is 11.3. The Morgan fingerprint density at radius 1 is 1.09 bits per heavy atom. The van der Waals surface area contributed by atoms with Gasteiger partial charge < -0.3 is 19.1 Å². The Bertz CT molecular complexity index is 1010. The van der Waals surface area contributed by atoms with Crippen LogP contribution in [-0.2, 0) is 11.5 Å². The van der Waals surface area contributed by atoms with Gasteiger partial charge in [-0.2, -0.15) is 0 Å². The summed E-state index contributed by atoms with van der Waals surface area (Å²) in [5.41, 5.74) is 2.61. The topological polar surface area (TPSA) is 50.6 Å². The van der Waals surface area contributed by atoms with Crippen LogP contribution in [0.15, 0.2) is 18.5 Å². The van der Waals surface area contributed by atoms with Crippen molar-refractivity contribution in [2.75, 3.05) is 24.9 Å². The largest absolute Gasteiger partial charge is 0.361 e. The van der Waals surface area contributed by atoms with E-state index in [1.54, 1.807) is 6.20 Å². The molecule has 3 aliphatic rings. The Hall–Kier alpha value is -1.93. The van der Waals surface area contributed by atoms with Gasteiger partial charge in [-0.3, -0.25) is 9.18 Å².